The second-order valence-electron chi connectivity index (χ2n) is 5.71. The summed E-state index contributed by atoms with van der Waals surface area (Å²) in [6, 6.07) is 5.43. The van der Waals surface area contributed by atoms with Crippen LogP contribution in [0.15, 0.2) is 18.2 Å². The highest BCUT2D eigenvalue weighted by Gasteiger charge is 2.21. The first-order valence-corrected chi connectivity index (χ1v) is 8.77. The molecule has 21 heavy (non-hydrogen) atoms. The van der Waals surface area contributed by atoms with Gasteiger partial charge in [0, 0.05) is 23.8 Å². The molecule has 0 fully saturated rings. The summed E-state index contributed by atoms with van der Waals surface area (Å²) in [5.41, 5.74) is 6.67. The molecule has 4 N–H and O–H groups in total. The Bertz CT molecular complexity index is 571. The predicted molar refractivity (Wildman–Crippen MR) is 87.2 cm³/mol. The Morgan fingerprint density at radius 1 is 1.33 bits per heavy atom. The van der Waals surface area contributed by atoms with Crippen LogP contribution in [0.2, 0.25) is 0 Å². The average Bonchev–Trinajstić information content (AvgIpc) is 2.33. The summed E-state index contributed by atoms with van der Waals surface area (Å²) < 4.78 is 30.7. The number of nitrogens with two attached hydrogens (primary N) is 1. The van der Waals surface area contributed by atoms with Crippen molar-refractivity contribution >= 4 is 21.4 Å². The topological polar surface area (TPSA) is 93.5 Å². The highest BCUT2D eigenvalue weighted by atomic mass is 32.2. The van der Waals surface area contributed by atoms with Gasteiger partial charge in [-0.1, -0.05) is 6.92 Å². The normalized spacial score (nSPS) is 12.2. The van der Waals surface area contributed by atoms with Crippen molar-refractivity contribution in [2.24, 2.45) is 0 Å². The second kappa shape index (κ2) is 7.00. The van der Waals surface area contributed by atoms with E-state index in [0.29, 0.717) is 24.6 Å². The van der Waals surface area contributed by atoms with Gasteiger partial charge in [0.2, 0.25) is 10.0 Å². The molecule has 6 nitrogen and oxygen atoms in total. The number of hydrogen-bond acceptors (Lipinski definition) is 5. The van der Waals surface area contributed by atoms with Gasteiger partial charge < -0.3 is 15.8 Å². The average molecular weight is 315 g/mol. The number of sulfonamides is 1. The Hall–Kier alpha value is -1.47. The molecule has 7 heteroatoms. The van der Waals surface area contributed by atoms with E-state index in [2.05, 4.69) is 10.0 Å². The van der Waals surface area contributed by atoms with E-state index in [1.165, 1.54) is 0 Å². The van der Waals surface area contributed by atoms with Crippen LogP contribution in [-0.4, -0.2) is 33.4 Å². The SMILES string of the molecule is CCCOc1cc(NCC(C)(C)NS(C)(=O)=O)ccc1N. The fourth-order valence-electron chi connectivity index (χ4n) is 1.84. The molecule has 0 unspecified atom stereocenters. The molecule has 0 aliphatic heterocycles. The number of nitrogen functional groups attached to an aromatic ring is 1. The third kappa shape index (κ3) is 6.68. The van der Waals surface area contributed by atoms with Crippen molar-refractivity contribution in [1.29, 1.82) is 0 Å². The van der Waals surface area contributed by atoms with Crippen molar-refractivity contribution < 1.29 is 13.2 Å². The minimum Gasteiger partial charge on any atom is -0.491 e. The number of anilines is 2. The van der Waals surface area contributed by atoms with E-state index in [0.717, 1.165) is 18.4 Å². The minimum atomic E-state index is -3.25. The predicted octanol–water partition coefficient (Wildman–Crippen LogP) is 1.80. The van der Waals surface area contributed by atoms with Gasteiger partial charge in [0.25, 0.3) is 0 Å². The molecule has 0 radical (unpaired) electrons. The molecular weight excluding hydrogens is 290 g/mol. The van der Waals surface area contributed by atoms with Crippen LogP contribution in [0, 0.1) is 0 Å². The van der Waals surface area contributed by atoms with Crippen molar-refractivity contribution in [2.75, 3.05) is 30.5 Å². The van der Waals surface area contributed by atoms with Crippen LogP contribution in [-0.2, 0) is 10.0 Å². The lowest BCUT2D eigenvalue weighted by Gasteiger charge is -2.26. The third-order valence-corrected chi connectivity index (χ3v) is 3.59. The molecule has 0 atom stereocenters. The summed E-state index contributed by atoms with van der Waals surface area (Å²) >= 11 is 0. The van der Waals surface area contributed by atoms with Crippen molar-refractivity contribution in [1.82, 2.24) is 4.72 Å². The standard InChI is InChI=1S/C14H25N3O3S/c1-5-8-20-13-9-11(6-7-12(13)15)16-10-14(2,3)17-21(4,18)19/h6-7,9,16-17H,5,8,10,15H2,1-4H3. The molecule has 1 rings (SSSR count). The Morgan fingerprint density at radius 2 is 2.00 bits per heavy atom. The first-order valence-electron chi connectivity index (χ1n) is 6.88. The minimum absolute atomic E-state index is 0.442. The smallest absolute Gasteiger partial charge is 0.209 e. The molecule has 0 saturated heterocycles. The Morgan fingerprint density at radius 3 is 2.57 bits per heavy atom. The second-order valence-corrected chi connectivity index (χ2v) is 7.46. The maximum Gasteiger partial charge on any atom is 0.209 e. The van der Waals surface area contributed by atoms with Gasteiger partial charge in [-0.15, -0.1) is 0 Å². The van der Waals surface area contributed by atoms with Crippen molar-refractivity contribution in [2.45, 2.75) is 32.7 Å². The Labute approximate surface area is 127 Å². The number of hydrogen-bond donors (Lipinski definition) is 3. The van der Waals surface area contributed by atoms with E-state index in [1.54, 1.807) is 6.07 Å². The van der Waals surface area contributed by atoms with Crippen LogP contribution >= 0.6 is 0 Å². The van der Waals surface area contributed by atoms with E-state index < -0.39 is 15.6 Å². The Kier molecular flexibility index (Phi) is 5.86. The number of benzene rings is 1. The van der Waals surface area contributed by atoms with Gasteiger partial charge in [-0.2, -0.15) is 0 Å². The molecule has 0 amide bonds. The molecule has 0 aliphatic rings. The lowest BCUT2D eigenvalue weighted by Crippen LogP contribution is -2.47. The lowest BCUT2D eigenvalue weighted by molar-refractivity contribution is 0.319. The number of rotatable bonds is 8. The molecule has 120 valence electrons. The summed E-state index contributed by atoms with van der Waals surface area (Å²) in [5.74, 6) is 0.635. The highest BCUT2D eigenvalue weighted by molar-refractivity contribution is 7.88. The van der Waals surface area contributed by atoms with Crippen molar-refractivity contribution in [3.63, 3.8) is 0 Å². The van der Waals surface area contributed by atoms with Crippen LogP contribution in [0.5, 0.6) is 5.75 Å². The van der Waals surface area contributed by atoms with Crippen LogP contribution in [0.25, 0.3) is 0 Å². The maximum atomic E-state index is 11.3. The van der Waals surface area contributed by atoms with E-state index in [-0.39, 0.29) is 0 Å². The van der Waals surface area contributed by atoms with Gasteiger partial charge >= 0.3 is 0 Å². The monoisotopic (exact) mass is 315 g/mol. The molecule has 0 bridgehead atoms. The van der Waals surface area contributed by atoms with Gasteiger partial charge in [0.15, 0.2) is 0 Å². The molecule has 0 aromatic heterocycles. The zero-order valence-corrected chi connectivity index (χ0v) is 13.9. The zero-order valence-electron chi connectivity index (χ0n) is 13.1. The molecule has 0 heterocycles. The highest BCUT2D eigenvalue weighted by Crippen LogP contribution is 2.26. The first-order chi connectivity index (χ1) is 9.63. The molecule has 1 aromatic carbocycles. The van der Waals surface area contributed by atoms with Gasteiger partial charge in [-0.3, -0.25) is 0 Å². The van der Waals surface area contributed by atoms with Crippen LogP contribution in [0.1, 0.15) is 27.2 Å². The van der Waals surface area contributed by atoms with E-state index >= 15 is 0 Å². The quantitative estimate of drug-likeness (QED) is 0.636. The largest absolute Gasteiger partial charge is 0.491 e. The van der Waals surface area contributed by atoms with Crippen molar-refractivity contribution in [3.05, 3.63) is 18.2 Å². The van der Waals surface area contributed by atoms with Crippen LogP contribution in [0.3, 0.4) is 0 Å². The van der Waals surface area contributed by atoms with Crippen LogP contribution < -0.4 is 20.5 Å². The Balaban J connectivity index is 2.71. The fourth-order valence-corrected chi connectivity index (χ4v) is 2.92. The molecule has 0 spiro atoms. The molecular formula is C14H25N3O3S. The molecule has 1 aromatic rings. The lowest BCUT2D eigenvalue weighted by atomic mass is 10.1. The molecule has 0 saturated carbocycles. The van der Waals surface area contributed by atoms with Gasteiger partial charge in [0.05, 0.1) is 18.6 Å². The van der Waals surface area contributed by atoms with Gasteiger partial charge in [0.1, 0.15) is 5.75 Å². The number of ether oxygens (including phenoxy) is 1. The van der Waals surface area contributed by atoms with E-state index in [9.17, 15) is 8.42 Å². The summed E-state index contributed by atoms with van der Waals surface area (Å²) in [6.07, 6.45) is 2.05. The first kappa shape index (κ1) is 17.6. The van der Waals surface area contributed by atoms with Crippen molar-refractivity contribution in [3.8, 4) is 5.75 Å². The fraction of sp³-hybridized carbons (Fsp3) is 0.571. The van der Waals surface area contributed by atoms with E-state index in [1.807, 2.05) is 32.9 Å². The maximum absolute atomic E-state index is 11.3. The summed E-state index contributed by atoms with van der Waals surface area (Å²) in [5, 5.41) is 3.19. The zero-order chi connectivity index (χ0) is 16.1. The molecule has 0 aliphatic carbocycles. The van der Waals surface area contributed by atoms with Gasteiger partial charge in [-0.25, -0.2) is 13.1 Å². The summed E-state index contributed by atoms with van der Waals surface area (Å²) in [4.78, 5) is 0. The number of nitrogens with one attached hydrogen (secondary N) is 2. The summed E-state index contributed by atoms with van der Waals surface area (Å²) in [7, 11) is -3.25. The van der Waals surface area contributed by atoms with Gasteiger partial charge in [-0.05, 0) is 32.4 Å². The van der Waals surface area contributed by atoms with E-state index in [4.69, 9.17) is 10.5 Å². The summed E-state index contributed by atoms with van der Waals surface area (Å²) in [6.45, 7) is 6.70. The van der Waals surface area contributed by atoms with Crippen LogP contribution in [0.4, 0.5) is 11.4 Å². The third-order valence-electron chi connectivity index (χ3n) is 2.67.